The van der Waals surface area contributed by atoms with Crippen molar-refractivity contribution in [3.05, 3.63) is 90.0 Å². The predicted octanol–water partition coefficient (Wildman–Crippen LogP) is 1.91. The van der Waals surface area contributed by atoms with E-state index in [0.29, 0.717) is 0 Å². The first-order chi connectivity index (χ1) is 14.7. The van der Waals surface area contributed by atoms with Crippen LogP contribution in [0.15, 0.2) is 73.3 Å². The molecule has 0 spiro atoms. The van der Waals surface area contributed by atoms with Crippen molar-refractivity contribution in [2.75, 3.05) is 0 Å². The number of aromatic nitrogens is 2. The second-order valence-corrected chi connectivity index (χ2v) is 5.91. The van der Waals surface area contributed by atoms with Crippen molar-refractivity contribution in [2.24, 2.45) is 5.73 Å². The van der Waals surface area contributed by atoms with Gasteiger partial charge in [0.1, 0.15) is 11.8 Å². The van der Waals surface area contributed by atoms with E-state index in [4.69, 9.17) is 26.2 Å². The second kappa shape index (κ2) is 13.0. The van der Waals surface area contributed by atoms with Crippen LogP contribution in [0, 0.1) is 0 Å². The first kappa shape index (κ1) is 24.7. The molecule has 0 aliphatic carbocycles. The first-order valence-corrected chi connectivity index (χ1v) is 8.73. The minimum atomic E-state index is -1.02. The third kappa shape index (κ3) is 10.1. The molecule has 0 aliphatic rings. The Labute approximate surface area is 177 Å². The van der Waals surface area contributed by atoms with Crippen LogP contribution in [0.5, 0.6) is 5.75 Å². The summed E-state index contributed by atoms with van der Waals surface area (Å²) < 4.78 is 0. The Balaban J connectivity index is 0.000000239. The van der Waals surface area contributed by atoms with E-state index in [9.17, 15) is 14.4 Å². The maximum atomic E-state index is 10.4. The van der Waals surface area contributed by atoms with Crippen molar-refractivity contribution in [3.8, 4) is 5.75 Å². The van der Waals surface area contributed by atoms with Crippen molar-refractivity contribution < 1.29 is 34.8 Å². The number of rotatable bonds is 5. The van der Waals surface area contributed by atoms with E-state index in [2.05, 4.69) is 9.97 Å². The van der Waals surface area contributed by atoms with Gasteiger partial charge < -0.3 is 26.2 Å². The molecule has 10 nitrogen and oxygen atoms in total. The van der Waals surface area contributed by atoms with Crippen LogP contribution in [0.25, 0.3) is 0 Å². The lowest BCUT2D eigenvalue weighted by molar-refractivity contribution is -0.138. The van der Waals surface area contributed by atoms with E-state index in [1.807, 2.05) is 0 Å². The SMILES string of the molecule is N[C@@H](Cc1ccc(O)cc1)C(=O)O.O=C(O)c1cccnc1.O=C(O)c1cccnc1. The second-order valence-electron chi connectivity index (χ2n) is 5.91. The van der Waals surface area contributed by atoms with Crippen LogP contribution < -0.4 is 5.73 Å². The third-order valence-corrected chi connectivity index (χ3v) is 3.53. The molecule has 0 unspecified atom stereocenters. The van der Waals surface area contributed by atoms with Gasteiger partial charge >= 0.3 is 17.9 Å². The number of carbonyl (C=O) groups is 3. The molecule has 0 bridgehead atoms. The average Bonchev–Trinajstić information content (AvgIpc) is 2.77. The van der Waals surface area contributed by atoms with Crippen molar-refractivity contribution in [3.63, 3.8) is 0 Å². The molecule has 10 heteroatoms. The Morgan fingerprint density at radius 1 is 0.806 bits per heavy atom. The van der Waals surface area contributed by atoms with Gasteiger partial charge in [0.25, 0.3) is 0 Å². The molecule has 0 saturated heterocycles. The number of pyridine rings is 2. The van der Waals surface area contributed by atoms with Gasteiger partial charge in [-0.15, -0.1) is 0 Å². The molecule has 0 fully saturated rings. The quantitative estimate of drug-likeness (QED) is 0.403. The molecule has 2 heterocycles. The van der Waals surface area contributed by atoms with Gasteiger partial charge in [0.15, 0.2) is 0 Å². The molecule has 1 atom stereocenters. The fourth-order valence-electron chi connectivity index (χ4n) is 1.95. The summed E-state index contributed by atoms with van der Waals surface area (Å²) in [6.07, 6.45) is 5.96. The number of phenols is 1. The number of aromatic carboxylic acids is 2. The summed E-state index contributed by atoms with van der Waals surface area (Å²) in [4.78, 5) is 38.0. The van der Waals surface area contributed by atoms with E-state index in [0.717, 1.165) is 5.56 Å². The lowest BCUT2D eigenvalue weighted by Gasteiger charge is -2.05. The molecule has 2 aromatic heterocycles. The molecule has 31 heavy (non-hydrogen) atoms. The fourth-order valence-corrected chi connectivity index (χ4v) is 1.95. The van der Waals surface area contributed by atoms with E-state index in [1.54, 1.807) is 24.3 Å². The van der Waals surface area contributed by atoms with E-state index >= 15 is 0 Å². The normalized spacial score (nSPS) is 10.4. The number of hydrogen-bond acceptors (Lipinski definition) is 7. The van der Waals surface area contributed by atoms with E-state index in [-0.39, 0.29) is 23.3 Å². The summed E-state index contributed by atoms with van der Waals surface area (Å²) in [5.74, 6) is -2.74. The van der Waals surface area contributed by atoms with Gasteiger partial charge in [-0.3, -0.25) is 14.8 Å². The lowest BCUT2D eigenvalue weighted by Crippen LogP contribution is -2.32. The average molecular weight is 427 g/mol. The van der Waals surface area contributed by atoms with Crippen molar-refractivity contribution in [1.82, 2.24) is 9.97 Å². The van der Waals surface area contributed by atoms with Crippen LogP contribution in [0.2, 0.25) is 0 Å². The zero-order valence-corrected chi connectivity index (χ0v) is 16.2. The number of aliphatic carboxylic acids is 1. The summed E-state index contributed by atoms with van der Waals surface area (Å²) in [7, 11) is 0. The Kier molecular flexibility index (Phi) is 10.4. The monoisotopic (exact) mass is 427 g/mol. The summed E-state index contributed by atoms with van der Waals surface area (Å²) >= 11 is 0. The molecule has 0 saturated carbocycles. The number of nitrogens with zero attached hydrogens (tertiary/aromatic N) is 2. The lowest BCUT2D eigenvalue weighted by atomic mass is 10.1. The number of aromatic hydroxyl groups is 1. The van der Waals surface area contributed by atoms with E-state index < -0.39 is 23.9 Å². The minimum absolute atomic E-state index is 0.160. The van der Waals surface area contributed by atoms with Crippen molar-refractivity contribution >= 4 is 17.9 Å². The molecule has 0 amide bonds. The minimum Gasteiger partial charge on any atom is -0.508 e. The molecule has 0 aliphatic heterocycles. The molecule has 162 valence electrons. The number of carboxylic acids is 3. The Morgan fingerprint density at radius 3 is 1.55 bits per heavy atom. The largest absolute Gasteiger partial charge is 0.508 e. The summed E-state index contributed by atoms with van der Waals surface area (Å²) in [5.41, 5.74) is 6.56. The number of phenolic OH excluding ortho intramolecular Hbond substituents is 1. The first-order valence-electron chi connectivity index (χ1n) is 8.73. The van der Waals surface area contributed by atoms with Gasteiger partial charge in [-0.05, 0) is 48.4 Å². The zero-order valence-electron chi connectivity index (χ0n) is 16.2. The summed E-state index contributed by atoms with van der Waals surface area (Å²) in [6.45, 7) is 0. The van der Waals surface area contributed by atoms with Crippen LogP contribution in [-0.4, -0.2) is 54.3 Å². The van der Waals surface area contributed by atoms with Gasteiger partial charge in [-0.25, -0.2) is 9.59 Å². The van der Waals surface area contributed by atoms with Crippen molar-refractivity contribution in [1.29, 1.82) is 0 Å². The number of hydrogen-bond donors (Lipinski definition) is 5. The smallest absolute Gasteiger partial charge is 0.337 e. The number of nitrogens with two attached hydrogens (primary N) is 1. The van der Waals surface area contributed by atoms with Crippen molar-refractivity contribution in [2.45, 2.75) is 12.5 Å². The number of benzene rings is 1. The predicted molar refractivity (Wildman–Crippen MR) is 110 cm³/mol. The van der Waals surface area contributed by atoms with Gasteiger partial charge in [-0.1, -0.05) is 12.1 Å². The van der Waals surface area contributed by atoms with Gasteiger partial charge in [0, 0.05) is 24.8 Å². The highest BCUT2D eigenvalue weighted by Crippen LogP contribution is 2.10. The highest BCUT2D eigenvalue weighted by atomic mass is 16.4. The highest BCUT2D eigenvalue weighted by Gasteiger charge is 2.11. The van der Waals surface area contributed by atoms with Gasteiger partial charge in [0.05, 0.1) is 11.1 Å². The Bertz CT molecular complexity index is 916. The number of carboxylic acid groups (broad SMARTS) is 3. The molecule has 1 aromatic carbocycles. The maximum Gasteiger partial charge on any atom is 0.337 e. The third-order valence-electron chi connectivity index (χ3n) is 3.53. The molecule has 3 aromatic rings. The van der Waals surface area contributed by atoms with Gasteiger partial charge in [0.2, 0.25) is 0 Å². The molecule has 0 radical (unpaired) electrons. The maximum absolute atomic E-state index is 10.4. The summed E-state index contributed by atoms with van der Waals surface area (Å²) in [5, 5.41) is 34.2. The highest BCUT2D eigenvalue weighted by molar-refractivity contribution is 5.87. The molecule has 6 N–H and O–H groups in total. The zero-order chi connectivity index (χ0) is 23.2. The van der Waals surface area contributed by atoms with Crippen LogP contribution in [0.3, 0.4) is 0 Å². The molecule has 3 rings (SSSR count). The topological polar surface area (TPSA) is 184 Å². The van der Waals surface area contributed by atoms with Gasteiger partial charge in [-0.2, -0.15) is 0 Å². The summed E-state index contributed by atoms with van der Waals surface area (Å²) in [6, 6.07) is 11.6. The standard InChI is InChI=1S/C9H11NO3.2C6H5NO2/c10-8(9(12)13)5-6-1-3-7(11)4-2-6;2*8-6(9)5-2-1-3-7-4-5/h1-4,8,11H,5,10H2,(H,12,13);2*1-4H,(H,8,9)/t8-;;/m0../s1. The molecular weight excluding hydrogens is 406 g/mol. The molecular formula is C21H21N3O7. The van der Waals surface area contributed by atoms with Crippen LogP contribution in [-0.2, 0) is 11.2 Å². The van der Waals surface area contributed by atoms with Crippen LogP contribution in [0.4, 0.5) is 0 Å². The van der Waals surface area contributed by atoms with Crippen LogP contribution >= 0.6 is 0 Å². The fraction of sp³-hybridized carbons (Fsp3) is 0.0952. The Hall–Kier alpha value is -4.31. The van der Waals surface area contributed by atoms with E-state index in [1.165, 1.54) is 49.1 Å². The van der Waals surface area contributed by atoms with Crippen LogP contribution in [0.1, 0.15) is 26.3 Å². The Morgan fingerprint density at radius 2 is 1.26 bits per heavy atom.